The first-order valence-electron chi connectivity index (χ1n) is 9.42. The number of ether oxygens (including phenoxy) is 2. The van der Waals surface area contributed by atoms with E-state index in [9.17, 15) is 31.2 Å². The number of halogens is 3. The largest absolute Gasteiger partial charge is 0.489 e. The minimum Gasteiger partial charge on any atom is -0.489 e. The smallest absolute Gasteiger partial charge is 0.427 e. The SMILES string of the molecule is CCn1cc(S(=O)(=O)N2CCOc3ccc(NC(=O)OC(C)(C)C(F)(F)F)cc32)c(=O)[nH]1. The highest BCUT2D eigenvalue weighted by molar-refractivity contribution is 7.92. The Kier molecular flexibility index (Phi) is 5.93. The fraction of sp³-hybridized carbons (Fsp3) is 0.444. The Bertz CT molecular complexity index is 1190. The Morgan fingerprint density at radius 1 is 1.31 bits per heavy atom. The summed E-state index contributed by atoms with van der Waals surface area (Å²) in [6.45, 7) is 3.33. The summed E-state index contributed by atoms with van der Waals surface area (Å²) in [7, 11) is -4.29. The van der Waals surface area contributed by atoms with Gasteiger partial charge in [-0.15, -0.1) is 0 Å². The zero-order chi connectivity index (χ0) is 23.9. The van der Waals surface area contributed by atoms with Crippen molar-refractivity contribution in [3.63, 3.8) is 0 Å². The molecule has 0 atom stereocenters. The van der Waals surface area contributed by atoms with Crippen molar-refractivity contribution in [3.05, 3.63) is 34.7 Å². The van der Waals surface area contributed by atoms with Crippen LogP contribution in [0.3, 0.4) is 0 Å². The summed E-state index contributed by atoms with van der Waals surface area (Å²) in [4.78, 5) is 23.7. The van der Waals surface area contributed by atoms with Crippen LogP contribution < -0.4 is 19.9 Å². The summed E-state index contributed by atoms with van der Waals surface area (Å²) >= 11 is 0. The average Bonchev–Trinajstić information content (AvgIpc) is 3.07. The molecule has 14 heteroatoms. The number of H-pyrrole nitrogens is 1. The number of aromatic nitrogens is 2. The highest BCUT2D eigenvalue weighted by Gasteiger charge is 2.51. The third-order valence-electron chi connectivity index (χ3n) is 4.71. The van der Waals surface area contributed by atoms with Crippen LogP contribution in [0.15, 0.2) is 34.1 Å². The highest BCUT2D eigenvalue weighted by Crippen LogP contribution is 2.37. The molecule has 2 heterocycles. The third-order valence-corrected chi connectivity index (χ3v) is 6.51. The second-order valence-electron chi connectivity index (χ2n) is 7.35. The highest BCUT2D eigenvalue weighted by atomic mass is 32.2. The number of nitrogens with zero attached hydrogens (tertiary/aromatic N) is 2. The monoisotopic (exact) mass is 478 g/mol. The van der Waals surface area contributed by atoms with Crippen molar-refractivity contribution in [2.75, 3.05) is 22.8 Å². The van der Waals surface area contributed by atoms with Gasteiger partial charge in [0.15, 0.2) is 4.90 Å². The Balaban J connectivity index is 1.91. The second kappa shape index (κ2) is 8.07. The fourth-order valence-corrected chi connectivity index (χ4v) is 4.34. The number of aryl methyl sites for hydroxylation is 1. The van der Waals surface area contributed by atoms with Gasteiger partial charge in [0.1, 0.15) is 12.4 Å². The van der Waals surface area contributed by atoms with E-state index in [1.807, 2.05) is 0 Å². The predicted molar refractivity (Wildman–Crippen MR) is 107 cm³/mol. The lowest BCUT2D eigenvalue weighted by atomic mass is 10.1. The van der Waals surface area contributed by atoms with E-state index in [-0.39, 0.29) is 30.3 Å². The number of amides is 1. The molecule has 0 spiro atoms. The van der Waals surface area contributed by atoms with Crippen LogP contribution in [-0.4, -0.2) is 49.2 Å². The predicted octanol–water partition coefficient (Wildman–Crippen LogP) is 2.67. The maximum atomic E-state index is 13.1. The van der Waals surface area contributed by atoms with Gasteiger partial charge in [0.2, 0.25) is 5.60 Å². The zero-order valence-electron chi connectivity index (χ0n) is 17.3. The van der Waals surface area contributed by atoms with E-state index in [1.54, 1.807) is 6.92 Å². The van der Waals surface area contributed by atoms with Crippen LogP contribution in [-0.2, 0) is 21.3 Å². The van der Waals surface area contributed by atoms with E-state index in [2.05, 4.69) is 15.2 Å². The molecule has 1 amide bonds. The molecular formula is C18H21F3N4O6S. The Morgan fingerprint density at radius 3 is 2.59 bits per heavy atom. The minimum absolute atomic E-state index is 0.00715. The normalized spacial score (nSPS) is 14.5. The van der Waals surface area contributed by atoms with Crippen LogP contribution in [0.2, 0.25) is 0 Å². The molecule has 2 aromatic rings. The summed E-state index contributed by atoms with van der Waals surface area (Å²) in [5.74, 6) is 0.153. The molecule has 0 bridgehead atoms. The zero-order valence-corrected chi connectivity index (χ0v) is 18.1. The summed E-state index contributed by atoms with van der Waals surface area (Å²) in [6.07, 6.45) is -5.00. The van der Waals surface area contributed by atoms with Gasteiger partial charge in [-0.25, -0.2) is 13.2 Å². The molecule has 0 radical (unpaired) electrons. The van der Waals surface area contributed by atoms with Crippen LogP contribution in [0, 0.1) is 0 Å². The number of rotatable bonds is 5. The molecule has 0 unspecified atom stereocenters. The number of nitrogens with one attached hydrogen (secondary N) is 2. The first-order valence-corrected chi connectivity index (χ1v) is 10.9. The second-order valence-corrected chi connectivity index (χ2v) is 9.18. The van der Waals surface area contributed by atoms with Crippen molar-refractivity contribution in [2.45, 2.75) is 44.0 Å². The number of carbonyl (C=O) groups excluding carboxylic acids is 1. The number of aromatic amines is 1. The Hall–Kier alpha value is -3.16. The van der Waals surface area contributed by atoms with Crippen molar-refractivity contribution >= 4 is 27.5 Å². The maximum absolute atomic E-state index is 13.1. The molecule has 0 saturated carbocycles. The summed E-state index contributed by atoms with van der Waals surface area (Å²) < 4.78 is 77.2. The molecule has 10 nitrogen and oxygen atoms in total. The van der Waals surface area contributed by atoms with Gasteiger partial charge in [-0.2, -0.15) is 13.2 Å². The van der Waals surface area contributed by atoms with Crippen molar-refractivity contribution in [1.82, 2.24) is 9.78 Å². The van der Waals surface area contributed by atoms with Gasteiger partial charge < -0.3 is 9.47 Å². The molecule has 2 N–H and O–H groups in total. The molecule has 1 aliphatic rings. The molecule has 176 valence electrons. The molecule has 1 aromatic carbocycles. The number of anilines is 2. The molecule has 1 aliphatic heterocycles. The van der Waals surface area contributed by atoms with Gasteiger partial charge in [-0.1, -0.05) is 0 Å². The number of benzene rings is 1. The molecule has 3 rings (SSSR count). The van der Waals surface area contributed by atoms with Crippen LogP contribution in [0.25, 0.3) is 0 Å². The average molecular weight is 478 g/mol. The van der Waals surface area contributed by atoms with E-state index in [0.29, 0.717) is 20.4 Å². The summed E-state index contributed by atoms with van der Waals surface area (Å²) in [5, 5.41) is 4.54. The summed E-state index contributed by atoms with van der Waals surface area (Å²) in [5.41, 5.74) is -3.56. The van der Waals surface area contributed by atoms with Crippen molar-refractivity contribution in [1.29, 1.82) is 0 Å². The lowest BCUT2D eigenvalue weighted by molar-refractivity contribution is -0.242. The standard InChI is InChI=1S/C18H21F3N4O6S/c1-4-24-10-14(15(26)23-24)32(28,29)25-7-8-30-13-6-5-11(9-12(13)25)22-16(27)31-17(2,3)18(19,20)21/h5-6,9-10H,4,7-8H2,1-3H3,(H,22,27)(H,23,26). The van der Waals surface area contributed by atoms with Gasteiger partial charge in [-0.05, 0) is 39.0 Å². The van der Waals surface area contributed by atoms with Gasteiger partial charge in [0, 0.05) is 18.4 Å². The van der Waals surface area contributed by atoms with Crippen LogP contribution >= 0.6 is 0 Å². The molecule has 1 aromatic heterocycles. The number of hydrogen-bond acceptors (Lipinski definition) is 6. The lowest BCUT2D eigenvalue weighted by Gasteiger charge is -2.30. The van der Waals surface area contributed by atoms with Crippen molar-refractivity contribution < 1.29 is 35.9 Å². The molecular weight excluding hydrogens is 457 g/mol. The van der Waals surface area contributed by atoms with Crippen molar-refractivity contribution in [2.24, 2.45) is 0 Å². The van der Waals surface area contributed by atoms with E-state index in [0.717, 1.165) is 4.31 Å². The van der Waals surface area contributed by atoms with Crippen LogP contribution in [0.5, 0.6) is 5.75 Å². The third kappa shape index (κ3) is 4.40. The quantitative estimate of drug-likeness (QED) is 0.681. The van der Waals surface area contributed by atoms with E-state index >= 15 is 0 Å². The molecule has 0 aliphatic carbocycles. The molecule has 32 heavy (non-hydrogen) atoms. The summed E-state index contributed by atoms with van der Waals surface area (Å²) in [6, 6.07) is 3.87. The maximum Gasteiger partial charge on any atom is 0.427 e. The number of sulfonamides is 1. The van der Waals surface area contributed by atoms with Crippen molar-refractivity contribution in [3.8, 4) is 5.75 Å². The number of hydrogen-bond donors (Lipinski definition) is 2. The number of alkyl halides is 3. The van der Waals surface area contributed by atoms with Gasteiger partial charge in [0.25, 0.3) is 15.6 Å². The van der Waals surface area contributed by atoms with E-state index in [1.165, 1.54) is 29.1 Å². The minimum atomic E-state index is -4.79. The first-order chi connectivity index (χ1) is 14.8. The van der Waals surface area contributed by atoms with Crippen LogP contribution in [0.4, 0.5) is 29.3 Å². The number of carbonyl (C=O) groups is 1. The molecule has 0 saturated heterocycles. The lowest BCUT2D eigenvalue weighted by Crippen LogP contribution is -2.44. The Labute approximate surface area is 180 Å². The van der Waals surface area contributed by atoms with E-state index < -0.39 is 38.3 Å². The Morgan fingerprint density at radius 2 is 2.00 bits per heavy atom. The van der Waals surface area contributed by atoms with Gasteiger partial charge >= 0.3 is 12.3 Å². The number of fused-ring (bicyclic) bond motifs is 1. The molecule has 0 fully saturated rings. The topological polar surface area (TPSA) is 123 Å². The van der Waals surface area contributed by atoms with Gasteiger partial charge in [-0.3, -0.25) is 24.2 Å². The fourth-order valence-electron chi connectivity index (χ4n) is 2.84. The first kappa shape index (κ1) is 23.5. The van der Waals surface area contributed by atoms with Gasteiger partial charge in [0.05, 0.1) is 12.2 Å². The van der Waals surface area contributed by atoms with Crippen LogP contribution in [0.1, 0.15) is 20.8 Å². The van der Waals surface area contributed by atoms with E-state index in [4.69, 9.17) is 4.74 Å².